The van der Waals surface area contributed by atoms with Crippen molar-refractivity contribution in [2.45, 2.75) is 19.8 Å². The zero-order chi connectivity index (χ0) is 13.7. The lowest BCUT2D eigenvalue weighted by Gasteiger charge is -2.07. The Morgan fingerprint density at radius 3 is 2.63 bits per heavy atom. The van der Waals surface area contributed by atoms with Crippen molar-refractivity contribution >= 4 is 17.4 Å². The van der Waals surface area contributed by atoms with Gasteiger partial charge >= 0.3 is 0 Å². The van der Waals surface area contributed by atoms with Crippen molar-refractivity contribution in [3.8, 4) is 0 Å². The Kier molecular flexibility index (Phi) is 4.13. The molecule has 0 spiro atoms. The molecule has 0 atom stereocenters. The lowest BCUT2D eigenvalue weighted by molar-refractivity contribution is 0.102. The molecule has 0 bridgehead atoms. The molecule has 3 N–H and O–H groups in total. The second-order valence-electron chi connectivity index (χ2n) is 4.34. The molecule has 0 aliphatic carbocycles. The first-order valence-electron chi connectivity index (χ1n) is 6.31. The Morgan fingerprint density at radius 1 is 1.26 bits per heavy atom. The Hall–Kier alpha value is -2.36. The summed E-state index contributed by atoms with van der Waals surface area (Å²) in [6.07, 6.45) is 3.72. The maximum Gasteiger partial charge on any atom is 0.259 e. The molecule has 4 heteroatoms. The van der Waals surface area contributed by atoms with Crippen molar-refractivity contribution in [2.75, 3.05) is 11.1 Å². The first kappa shape index (κ1) is 13.1. The minimum Gasteiger partial charge on any atom is -0.383 e. The Labute approximate surface area is 112 Å². The van der Waals surface area contributed by atoms with Crippen molar-refractivity contribution in [3.05, 3.63) is 53.7 Å². The summed E-state index contributed by atoms with van der Waals surface area (Å²) in [5.74, 6) is -0.00329. The number of hydrogen-bond acceptors (Lipinski definition) is 3. The summed E-state index contributed by atoms with van der Waals surface area (Å²) in [5.41, 5.74) is 8.08. The number of rotatable bonds is 4. The van der Waals surface area contributed by atoms with Gasteiger partial charge in [0.25, 0.3) is 5.91 Å². The van der Waals surface area contributed by atoms with E-state index in [-0.39, 0.29) is 11.7 Å². The summed E-state index contributed by atoms with van der Waals surface area (Å²) >= 11 is 0. The molecule has 19 heavy (non-hydrogen) atoms. The maximum atomic E-state index is 12.0. The van der Waals surface area contributed by atoms with Crippen molar-refractivity contribution in [1.82, 2.24) is 4.98 Å². The fourth-order valence-corrected chi connectivity index (χ4v) is 1.85. The Bertz CT molecular complexity index is 564. The van der Waals surface area contributed by atoms with Gasteiger partial charge in [-0.15, -0.1) is 0 Å². The van der Waals surface area contributed by atoms with Crippen molar-refractivity contribution in [2.24, 2.45) is 0 Å². The fraction of sp³-hybridized carbons (Fsp3) is 0.200. The third-order valence-corrected chi connectivity index (χ3v) is 2.83. The highest BCUT2D eigenvalue weighted by Crippen LogP contribution is 2.14. The van der Waals surface area contributed by atoms with Gasteiger partial charge in [0.05, 0.1) is 5.56 Å². The number of carbonyl (C=O) groups is 1. The second kappa shape index (κ2) is 6.00. The molecular formula is C15H17N3O. The van der Waals surface area contributed by atoms with E-state index in [0.29, 0.717) is 5.56 Å². The number of anilines is 2. The van der Waals surface area contributed by atoms with E-state index in [0.717, 1.165) is 18.5 Å². The van der Waals surface area contributed by atoms with Crippen LogP contribution in [0.3, 0.4) is 0 Å². The lowest BCUT2D eigenvalue weighted by Crippen LogP contribution is -2.14. The van der Waals surface area contributed by atoms with Gasteiger partial charge in [-0.2, -0.15) is 0 Å². The molecule has 4 nitrogen and oxygen atoms in total. The number of carbonyl (C=O) groups excluding carboxylic acids is 1. The molecule has 0 radical (unpaired) electrons. The molecule has 0 saturated heterocycles. The average molecular weight is 255 g/mol. The van der Waals surface area contributed by atoms with Crippen LogP contribution in [-0.4, -0.2) is 10.9 Å². The predicted molar refractivity (Wildman–Crippen MR) is 77.0 cm³/mol. The van der Waals surface area contributed by atoms with Crippen LogP contribution in [0, 0.1) is 0 Å². The van der Waals surface area contributed by atoms with Crippen LogP contribution in [0.1, 0.15) is 29.3 Å². The molecule has 1 aromatic carbocycles. The number of amides is 1. The van der Waals surface area contributed by atoms with Gasteiger partial charge in [-0.3, -0.25) is 4.79 Å². The highest BCUT2D eigenvalue weighted by atomic mass is 16.1. The van der Waals surface area contributed by atoms with E-state index in [4.69, 9.17) is 5.73 Å². The zero-order valence-electron chi connectivity index (χ0n) is 10.9. The fourth-order valence-electron chi connectivity index (χ4n) is 1.85. The van der Waals surface area contributed by atoms with Gasteiger partial charge in [0.1, 0.15) is 5.82 Å². The van der Waals surface area contributed by atoms with E-state index in [9.17, 15) is 4.79 Å². The van der Waals surface area contributed by atoms with Crippen LogP contribution >= 0.6 is 0 Å². The molecule has 0 aliphatic heterocycles. The quantitative estimate of drug-likeness (QED) is 0.882. The highest BCUT2D eigenvalue weighted by molar-refractivity contribution is 6.07. The Morgan fingerprint density at radius 2 is 2.00 bits per heavy atom. The number of nitrogens with one attached hydrogen (secondary N) is 1. The molecule has 1 aromatic heterocycles. The normalized spacial score (nSPS) is 10.2. The van der Waals surface area contributed by atoms with E-state index < -0.39 is 0 Å². The summed E-state index contributed by atoms with van der Waals surface area (Å²) in [6, 6.07) is 11.2. The minimum absolute atomic E-state index is 0.239. The van der Waals surface area contributed by atoms with Crippen molar-refractivity contribution in [1.29, 1.82) is 0 Å². The van der Waals surface area contributed by atoms with Crippen LogP contribution in [0.25, 0.3) is 0 Å². The van der Waals surface area contributed by atoms with Crippen LogP contribution in [0.4, 0.5) is 11.5 Å². The topological polar surface area (TPSA) is 68.0 Å². The van der Waals surface area contributed by atoms with Gasteiger partial charge in [-0.05, 0) is 36.2 Å². The summed E-state index contributed by atoms with van der Waals surface area (Å²) in [5, 5.41) is 2.81. The van der Waals surface area contributed by atoms with Gasteiger partial charge in [-0.1, -0.05) is 25.5 Å². The van der Waals surface area contributed by atoms with Crippen LogP contribution < -0.4 is 11.1 Å². The second-order valence-corrected chi connectivity index (χ2v) is 4.34. The van der Waals surface area contributed by atoms with Gasteiger partial charge in [-0.25, -0.2) is 4.98 Å². The number of aryl methyl sites for hydroxylation is 1. The first-order chi connectivity index (χ1) is 9.20. The lowest BCUT2D eigenvalue weighted by atomic mass is 10.1. The summed E-state index contributed by atoms with van der Waals surface area (Å²) in [7, 11) is 0. The van der Waals surface area contributed by atoms with E-state index in [2.05, 4.69) is 17.2 Å². The van der Waals surface area contributed by atoms with Crippen LogP contribution in [0.2, 0.25) is 0 Å². The van der Waals surface area contributed by atoms with Gasteiger partial charge in [0.2, 0.25) is 0 Å². The first-order valence-corrected chi connectivity index (χ1v) is 6.31. The van der Waals surface area contributed by atoms with E-state index in [1.807, 2.05) is 24.3 Å². The van der Waals surface area contributed by atoms with Crippen LogP contribution in [0.5, 0.6) is 0 Å². The maximum absolute atomic E-state index is 12.0. The van der Waals surface area contributed by atoms with E-state index in [1.165, 1.54) is 5.56 Å². The van der Waals surface area contributed by atoms with Crippen molar-refractivity contribution in [3.63, 3.8) is 0 Å². The molecule has 98 valence electrons. The predicted octanol–water partition coefficient (Wildman–Crippen LogP) is 2.87. The van der Waals surface area contributed by atoms with Crippen molar-refractivity contribution < 1.29 is 4.79 Å². The minimum atomic E-state index is -0.242. The number of nitrogens with zero attached hydrogens (tertiary/aromatic N) is 1. The number of benzene rings is 1. The third-order valence-electron chi connectivity index (χ3n) is 2.83. The number of aromatic nitrogens is 1. The smallest absolute Gasteiger partial charge is 0.259 e. The molecule has 0 saturated carbocycles. The van der Waals surface area contributed by atoms with Gasteiger partial charge in [0, 0.05) is 11.9 Å². The summed E-state index contributed by atoms with van der Waals surface area (Å²) in [4.78, 5) is 15.9. The molecule has 0 unspecified atom stereocenters. The largest absolute Gasteiger partial charge is 0.383 e. The molecule has 2 rings (SSSR count). The number of hydrogen-bond donors (Lipinski definition) is 2. The van der Waals surface area contributed by atoms with E-state index >= 15 is 0 Å². The van der Waals surface area contributed by atoms with Crippen LogP contribution in [0.15, 0.2) is 42.6 Å². The van der Waals surface area contributed by atoms with Gasteiger partial charge in [0.15, 0.2) is 0 Å². The molecular weight excluding hydrogens is 238 g/mol. The molecule has 1 amide bonds. The molecule has 2 aromatic rings. The van der Waals surface area contributed by atoms with Gasteiger partial charge < -0.3 is 11.1 Å². The van der Waals surface area contributed by atoms with E-state index in [1.54, 1.807) is 18.3 Å². The summed E-state index contributed by atoms with van der Waals surface area (Å²) < 4.78 is 0. The average Bonchev–Trinajstić information content (AvgIpc) is 2.42. The standard InChI is InChI=1S/C15H17N3O/c1-2-4-11-6-8-12(9-7-11)18-15(19)13-5-3-10-17-14(13)16/h3,5-10H,2,4H2,1H3,(H2,16,17)(H,18,19). The molecule has 0 aliphatic rings. The number of nitrogen functional groups attached to an aromatic ring is 1. The monoisotopic (exact) mass is 255 g/mol. The third kappa shape index (κ3) is 3.31. The molecule has 0 fully saturated rings. The highest BCUT2D eigenvalue weighted by Gasteiger charge is 2.09. The Balaban J connectivity index is 2.09. The SMILES string of the molecule is CCCc1ccc(NC(=O)c2cccnc2N)cc1. The number of pyridine rings is 1. The number of nitrogens with two attached hydrogens (primary N) is 1. The zero-order valence-corrected chi connectivity index (χ0v) is 10.9. The van der Waals surface area contributed by atoms with Crippen LogP contribution in [-0.2, 0) is 6.42 Å². The summed E-state index contributed by atoms with van der Waals surface area (Å²) in [6.45, 7) is 2.14. The molecule has 1 heterocycles.